The van der Waals surface area contributed by atoms with E-state index >= 15 is 0 Å². The molecule has 0 atom stereocenters. The van der Waals surface area contributed by atoms with Crippen LogP contribution in [-0.2, 0) is 6.16 Å². The first kappa shape index (κ1) is 19.2. The maximum absolute atomic E-state index is 4.98. The molecule has 0 amide bonds. The molecule has 0 aliphatic heterocycles. The Kier molecular flexibility index (Phi) is 4.81. The Hall–Kier alpha value is -2.74. The Morgan fingerprint density at radius 3 is 1.57 bits per heavy atom. The molecule has 0 saturated heterocycles. The third-order valence-electron chi connectivity index (χ3n) is 5.76. The van der Waals surface area contributed by atoms with Gasteiger partial charge in [0, 0.05) is 0 Å². The van der Waals surface area contributed by atoms with Crippen LogP contribution in [0.5, 0.6) is 0 Å². The predicted octanol–water partition coefficient (Wildman–Crippen LogP) is 5.67. The molecule has 0 aliphatic carbocycles. The first-order valence-electron chi connectivity index (χ1n) is 10.0. The Morgan fingerprint density at radius 1 is 0.633 bits per heavy atom. The van der Waals surface area contributed by atoms with Crippen molar-refractivity contribution >= 4 is 42.4 Å². The molecule has 0 fully saturated rings. The van der Waals surface area contributed by atoms with Gasteiger partial charge in [0.2, 0.25) is 0 Å². The number of nitrogens with zero attached hydrogens (tertiary/aromatic N) is 2. The van der Waals surface area contributed by atoms with Crippen LogP contribution in [0.1, 0.15) is 5.69 Å². The van der Waals surface area contributed by atoms with Crippen LogP contribution in [0.15, 0.2) is 122 Å². The molecule has 2 heterocycles. The van der Waals surface area contributed by atoms with Crippen molar-refractivity contribution in [2.45, 2.75) is 6.16 Å². The molecule has 3 aromatic carbocycles. The van der Waals surface area contributed by atoms with Gasteiger partial charge in [0.05, 0.1) is 0 Å². The zero-order chi connectivity index (χ0) is 20.5. The van der Waals surface area contributed by atoms with E-state index < -0.39 is 5.31 Å². The van der Waals surface area contributed by atoms with Gasteiger partial charge >= 0.3 is 185 Å². The number of pyridine rings is 1. The maximum atomic E-state index is 4.98. The van der Waals surface area contributed by atoms with Crippen molar-refractivity contribution in [1.29, 1.82) is 0 Å². The molecule has 2 aromatic heterocycles. The van der Waals surface area contributed by atoms with Gasteiger partial charge in [-0.15, -0.1) is 0 Å². The molecular formula is C26H22BrN2P. The van der Waals surface area contributed by atoms with Crippen molar-refractivity contribution < 1.29 is 0 Å². The van der Waals surface area contributed by atoms with Crippen LogP contribution in [0.2, 0.25) is 0 Å². The molecule has 148 valence electrons. The van der Waals surface area contributed by atoms with E-state index in [1.807, 2.05) is 12.1 Å². The zero-order valence-electron chi connectivity index (χ0n) is 16.5. The molecule has 2 nitrogen and oxygen atoms in total. The van der Waals surface area contributed by atoms with Gasteiger partial charge in [0.15, 0.2) is 0 Å². The molecule has 4 heteroatoms. The van der Waals surface area contributed by atoms with Crippen LogP contribution in [-0.4, -0.2) is 9.38 Å². The van der Waals surface area contributed by atoms with Crippen LogP contribution in [0, 0.1) is 0 Å². The van der Waals surface area contributed by atoms with Gasteiger partial charge < -0.3 is 0 Å². The van der Waals surface area contributed by atoms with Crippen molar-refractivity contribution in [3.63, 3.8) is 0 Å². The third kappa shape index (κ3) is 3.01. The molecule has 0 radical (unpaired) electrons. The SMILES string of the molecule is BrP(Cc1cn2ccccc2n1)(c1ccccc1)(c1ccccc1)c1ccccc1. The second-order valence-electron chi connectivity index (χ2n) is 7.55. The van der Waals surface area contributed by atoms with Gasteiger partial charge in [-0.2, -0.15) is 0 Å². The summed E-state index contributed by atoms with van der Waals surface area (Å²) in [6.07, 6.45) is 5.01. The summed E-state index contributed by atoms with van der Waals surface area (Å²) in [5.74, 6) is 0. The van der Waals surface area contributed by atoms with E-state index in [9.17, 15) is 0 Å². The fourth-order valence-electron chi connectivity index (χ4n) is 4.31. The van der Waals surface area contributed by atoms with Crippen LogP contribution in [0.25, 0.3) is 5.65 Å². The quantitative estimate of drug-likeness (QED) is 0.301. The monoisotopic (exact) mass is 472 g/mol. The number of aromatic nitrogens is 2. The van der Waals surface area contributed by atoms with Gasteiger partial charge in [0.25, 0.3) is 0 Å². The van der Waals surface area contributed by atoms with Gasteiger partial charge in [0.1, 0.15) is 0 Å². The summed E-state index contributed by atoms with van der Waals surface area (Å²) in [6.45, 7) is 0. The molecule has 0 aliphatic rings. The van der Waals surface area contributed by atoms with E-state index in [2.05, 4.69) is 129 Å². The van der Waals surface area contributed by atoms with Gasteiger partial charge in [-0.05, 0) is 0 Å². The van der Waals surface area contributed by atoms with Crippen LogP contribution in [0.4, 0.5) is 0 Å². The number of rotatable bonds is 5. The minimum atomic E-state index is -3.01. The molecule has 0 N–H and O–H groups in total. The molecule has 0 spiro atoms. The zero-order valence-corrected chi connectivity index (χ0v) is 19.0. The number of hydrogen-bond donors (Lipinski definition) is 0. The number of benzene rings is 3. The second kappa shape index (κ2) is 7.50. The molecule has 5 rings (SSSR count). The number of imidazole rings is 1. The fraction of sp³-hybridized carbons (Fsp3) is 0.0385. The van der Waals surface area contributed by atoms with Gasteiger partial charge in [-0.3, -0.25) is 0 Å². The van der Waals surface area contributed by atoms with E-state index in [0.29, 0.717) is 0 Å². The Balaban J connectivity index is 1.84. The van der Waals surface area contributed by atoms with Crippen molar-refractivity contribution in [3.05, 3.63) is 127 Å². The number of hydrogen-bond acceptors (Lipinski definition) is 1. The third-order valence-corrected chi connectivity index (χ3v) is 15.2. The van der Waals surface area contributed by atoms with E-state index in [1.165, 1.54) is 15.9 Å². The fourth-order valence-corrected chi connectivity index (χ4v) is 11.8. The predicted molar refractivity (Wildman–Crippen MR) is 133 cm³/mol. The average Bonchev–Trinajstić information content (AvgIpc) is 3.23. The summed E-state index contributed by atoms with van der Waals surface area (Å²) in [5.41, 5.74) is 2.05. The summed E-state index contributed by atoms with van der Waals surface area (Å²) < 4.78 is 2.10. The Labute approximate surface area is 184 Å². The van der Waals surface area contributed by atoms with E-state index in [4.69, 9.17) is 4.98 Å². The first-order valence-corrected chi connectivity index (χ1v) is 14.4. The summed E-state index contributed by atoms with van der Waals surface area (Å²) >= 11 is 4.49. The standard InChI is InChI=1S/C26H22BrN2P/c27-30(23-12-4-1-5-13-23,24-14-6-2-7-15-24,25-16-8-3-9-17-25)21-22-20-29-19-11-10-18-26(29)28-22/h1-20H,21H2. The molecule has 0 unspecified atom stereocenters. The van der Waals surface area contributed by atoms with Crippen molar-refractivity contribution in [1.82, 2.24) is 9.38 Å². The molecule has 5 aromatic rings. The summed E-state index contributed by atoms with van der Waals surface area (Å²) in [4.78, 5) is 4.98. The van der Waals surface area contributed by atoms with Crippen LogP contribution < -0.4 is 15.9 Å². The number of halogens is 1. The van der Waals surface area contributed by atoms with Crippen LogP contribution in [0.3, 0.4) is 0 Å². The van der Waals surface area contributed by atoms with Crippen molar-refractivity contribution in [3.8, 4) is 0 Å². The van der Waals surface area contributed by atoms with E-state index in [-0.39, 0.29) is 0 Å². The second-order valence-corrected chi connectivity index (χ2v) is 16.5. The first-order chi connectivity index (χ1) is 14.7. The van der Waals surface area contributed by atoms with E-state index in [1.54, 1.807) is 0 Å². The molecule has 0 bridgehead atoms. The summed E-state index contributed by atoms with van der Waals surface area (Å²) in [6, 6.07) is 38.7. The minimum absolute atomic E-state index is 0.797. The molecule has 0 saturated carbocycles. The van der Waals surface area contributed by atoms with Crippen LogP contribution >= 0.6 is 20.8 Å². The topological polar surface area (TPSA) is 17.3 Å². The van der Waals surface area contributed by atoms with E-state index in [0.717, 1.165) is 17.5 Å². The van der Waals surface area contributed by atoms with Gasteiger partial charge in [-0.25, -0.2) is 0 Å². The van der Waals surface area contributed by atoms with Crippen molar-refractivity contribution in [2.24, 2.45) is 0 Å². The summed E-state index contributed by atoms with van der Waals surface area (Å²) in [5, 5.41) is 0.903. The Bertz CT molecular complexity index is 1150. The normalized spacial score (nSPS) is 13.0. The van der Waals surface area contributed by atoms with Gasteiger partial charge in [-0.1, -0.05) is 0 Å². The Morgan fingerprint density at radius 2 is 1.10 bits per heavy atom. The molecular weight excluding hydrogens is 451 g/mol. The molecule has 30 heavy (non-hydrogen) atoms. The number of fused-ring (bicyclic) bond motifs is 1. The summed E-state index contributed by atoms with van der Waals surface area (Å²) in [7, 11) is 0. The van der Waals surface area contributed by atoms with Crippen molar-refractivity contribution in [2.75, 3.05) is 0 Å². The average molecular weight is 473 g/mol.